The fourth-order valence-electron chi connectivity index (χ4n) is 7.68. The van der Waals surface area contributed by atoms with Crippen LogP contribution in [0.15, 0.2) is 23.5 Å². The highest BCUT2D eigenvalue weighted by Crippen LogP contribution is 2.75. The van der Waals surface area contributed by atoms with Gasteiger partial charge in [-0.05, 0) is 84.2 Å². The average molecular weight is 323 g/mol. The fraction of sp³-hybridized carbons (Fsp3) is 0.773. The van der Waals surface area contributed by atoms with Crippen LogP contribution in [0.5, 0.6) is 0 Å². The molecule has 5 rings (SSSR count). The molecular weight excluding hydrogens is 294 g/mol. The first-order valence-corrected chi connectivity index (χ1v) is 9.88. The Morgan fingerprint density at radius 1 is 1.21 bits per heavy atom. The second kappa shape index (κ2) is 4.69. The zero-order valence-corrected chi connectivity index (χ0v) is 15.2. The van der Waals surface area contributed by atoms with E-state index in [9.17, 15) is 5.26 Å². The van der Waals surface area contributed by atoms with E-state index in [4.69, 9.17) is 4.74 Å². The van der Waals surface area contributed by atoms with Gasteiger partial charge in [-0.2, -0.15) is 5.26 Å². The predicted octanol–water partition coefficient (Wildman–Crippen LogP) is 5.09. The molecule has 3 saturated carbocycles. The summed E-state index contributed by atoms with van der Waals surface area (Å²) in [4.78, 5) is 0. The highest BCUT2D eigenvalue weighted by atomic mass is 16.5. The van der Waals surface area contributed by atoms with Crippen molar-refractivity contribution >= 4 is 0 Å². The summed E-state index contributed by atoms with van der Waals surface area (Å²) in [6.07, 6.45) is 12.3. The molecule has 3 fully saturated rings. The van der Waals surface area contributed by atoms with E-state index >= 15 is 0 Å². The summed E-state index contributed by atoms with van der Waals surface area (Å²) in [5, 5.41) is 9.77. The van der Waals surface area contributed by atoms with Gasteiger partial charge in [-0.1, -0.05) is 19.9 Å². The topological polar surface area (TPSA) is 33.0 Å². The number of ether oxygens (including phenoxy) is 1. The number of fused-ring (bicyclic) bond motifs is 7. The van der Waals surface area contributed by atoms with Crippen molar-refractivity contribution in [3.63, 3.8) is 0 Å². The van der Waals surface area contributed by atoms with Gasteiger partial charge in [0.15, 0.2) is 0 Å². The maximum absolute atomic E-state index is 9.77. The maximum Gasteiger partial charge on any atom is 0.0958 e. The Morgan fingerprint density at radius 3 is 2.79 bits per heavy atom. The smallest absolute Gasteiger partial charge is 0.0958 e. The first-order valence-electron chi connectivity index (χ1n) is 9.88. The van der Waals surface area contributed by atoms with Crippen LogP contribution in [0.1, 0.15) is 52.4 Å². The SMILES string of the molecule is COC1=CC2=CC[C@H]3[C@@H]4[C@@H]5C[C@@H]5C(C#N)[C@@]4(C)CC[C@@H]3[C@@]2(C)CC1. The lowest BCUT2D eigenvalue weighted by atomic mass is 9.47. The minimum Gasteiger partial charge on any atom is -0.501 e. The highest BCUT2D eigenvalue weighted by Gasteiger charge is 2.70. The maximum atomic E-state index is 9.77. The number of rotatable bonds is 1. The van der Waals surface area contributed by atoms with E-state index in [0.29, 0.717) is 16.7 Å². The van der Waals surface area contributed by atoms with Crippen LogP contribution < -0.4 is 0 Å². The van der Waals surface area contributed by atoms with Crippen LogP contribution in [0.25, 0.3) is 0 Å². The van der Waals surface area contributed by atoms with E-state index in [2.05, 4.69) is 32.1 Å². The van der Waals surface area contributed by atoms with Crippen molar-refractivity contribution < 1.29 is 4.74 Å². The number of nitriles is 1. The molecule has 2 heteroatoms. The number of hydrogen-bond acceptors (Lipinski definition) is 2. The van der Waals surface area contributed by atoms with E-state index in [1.807, 2.05) is 0 Å². The normalized spacial score (nSPS) is 54.2. The molecule has 0 aromatic rings. The molecule has 0 bridgehead atoms. The molecule has 0 heterocycles. The van der Waals surface area contributed by atoms with Crippen molar-refractivity contribution in [3.05, 3.63) is 23.5 Å². The summed E-state index contributed by atoms with van der Waals surface area (Å²) in [6, 6.07) is 2.73. The van der Waals surface area contributed by atoms with E-state index < -0.39 is 0 Å². The molecule has 0 spiro atoms. The fourth-order valence-corrected chi connectivity index (χ4v) is 7.68. The Bertz CT molecular complexity index is 685. The molecule has 24 heavy (non-hydrogen) atoms. The summed E-state index contributed by atoms with van der Waals surface area (Å²) in [6.45, 7) is 4.97. The van der Waals surface area contributed by atoms with Crippen LogP contribution >= 0.6 is 0 Å². The van der Waals surface area contributed by atoms with Gasteiger partial charge in [0.2, 0.25) is 0 Å². The van der Waals surface area contributed by atoms with Gasteiger partial charge in [0.25, 0.3) is 0 Å². The third kappa shape index (κ3) is 1.67. The van der Waals surface area contributed by atoms with Crippen molar-refractivity contribution in [2.24, 2.45) is 46.3 Å². The third-order valence-electron chi connectivity index (χ3n) is 8.92. The lowest BCUT2D eigenvalue weighted by Crippen LogP contribution is -2.50. The van der Waals surface area contributed by atoms with E-state index in [-0.39, 0.29) is 0 Å². The first-order chi connectivity index (χ1) is 11.5. The molecule has 5 aliphatic carbocycles. The van der Waals surface area contributed by atoms with Crippen LogP contribution in [0.4, 0.5) is 0 Å². The zero-order valence-electron chi connectivity index (χ0n) is 15.2. The lowest BCUT2D eigenvalue weighted by molar-refractivity contribution is -0.0444. The number of methoxy groups -OCH3 is 1. The molecule has 0 amide bonds. The van der Waals surface area contributed by atoms with Crippen molar-refractivity contribution in [3.8, 4) is 6.07 Å². The standard InChI is InChI=1S/C22H29NO/c1-21-8-6-14(24-3)10-13(21)4-5-15-18(21)7-9-22(2)19(12-23)16-11-17(16)20(15)22/h4,10,15-20H,5-9,11H2,1-3H3/t15-,16+,17-,18+,19?,20-,21+,22-/m1/s1. The number of nitrogens with zero attached hydrogens (tertiary/aromatic N) is 1. The molecule has 0 aromatic heterocycles. The van der Waals surface area contributed by atoms with Gasteiger partial charge < -0.3 is 4.74 Å². The quantitative estimate of drug-likeness (QED) is 0.674. The molecule has 2 nitrogen and oxygen atoms in total. The monoisotopic (exact) mass is 323 g/mol. The van der Waals surface area contributed by atoms with Gasteiger partial charge in [-0.15, -0.1) is 0 Å². The van der Waals surface area contributed by atoms with Crippen molar-refractivity contribution in [1.29, 1.82) is 5.26 Å². The van der Waals surface area contributed by atoms with Gasteiger partial charge in [0.05, 0.1) is 24.9 Å². The molecular formula is C22H29NO. The van der Waals surface area contributed by atoms with Crippen LogP contribution in [0.3, 0.4) is 0 Å². The molecule has 1 unspecified atom stereocenters. The van der Waals surface area contributed by atoms with Crippen LogP contribution in [-0.2, 0) is 4.74 Å². The summed E-state index contributed by atoms with van der Waals surface area (Å²) < 4.78 is 5.54. The Labute approximate surface area is 146 Å². The number of allylic oxidation sites excluding steroid dienone is 4. The Hall–Kier alpha value is -1.23. The minimum atomic E-state index is 0.299. The van der Waals surface area contributed by atoms with Gasteiger partial charge in [0.1, 0.15) is 0 Å². The molecule has 5 aliphatic rings. The molecule has 0 aromatic carbocycles. The number of hydrogen-bond donors (Lipinski definition) is 0. The van der Waals surface area contributed by atoms with E-state index in [1.165, 1.54) is 37.7 Å². The van der Waals surface area contributed by atoms with Crippen LogP contribution in [-0.4, -0.2) is 7.11 Å². The van der Waals surface area contributed by atoms with Crippen LogP contribution in [0.2, 0.25) is 0 Å². The Balaban J connectivity index is 1.53. The predicted molar refractivity (Wildman–Crippen MR) is 93.6 cm³/mol. The average Bonchev–Trinajstić information content (AvgIpc) is 3.29. The lowest BCUT2D eigenvalue weighted by Gasteiger charge is -2.57. The summed E-state index contributed by atoms with van der Waals surface area (Å²) >= 11 is 0. The zero-order chi connectivity index (χ0) is 16.7. The molecule has 0 N–H and O–H groups in total. The van der Waals surface area contributed by atoms with Crippen molar-refractivity contribution in [1.82, 2.24) is 0 Å². The van der Waals surface area contributed by atoms with E-state index in [0.717, 1.165) is 41.8 Å². The molecule has 128 valence electrons. The largest absolute Gasteiger partial charge is 0.501 e. The van der Waals surface area contributed by atoms with Gasteiger partial charge in [0, 0.05) is 6.42 Å². The molecule has 0 radical (unpaired) electrons. The molecule has 8 atom stereocenters. The molecule has 0 aliphatic heterocycles. The van der Waals surface area contributed by atoms with Crippen LogP contribution in [0, 0.1) is 57.7 Å². The first kappa shape index (κ1) is 15.1. The second-order valence-corrected chi connectivity index (χ2v) is 9.64. The summed E-state index contributed by atoms with van der Waals surface area (Å²) in [5.74, 6) is 5.50. The molecule has 0 saturated heterocycles. The second-order valence-electron chi connectivity index (χ2n) is 9.64. The Morgan fingerprint density at radius 2 is 2.04 bits per heavy atom. The minimum absolute atomic E-state index is 0.299. The van der Waals surface area contributed by atoms with Crippen molar-refractivity contribution in [2.75, 3.05) is 7.11 Å². The van der Waals surface area contributed by atoms with E-state index in [1.54, 1.807) is 7.11 Å². The summed E-state index contributed by atoms with van der Waals surface area (Å²) in [7, 11) is 1.81. The highest BCUT2D eigenvalue weighted by molar-refractivity contribution is 5.36. The van der Waals surface area contributed by atoms with Gasteiger partial charge in [-0.3, -0.25) is 0 Å². The summed E-state index contributed by atoms with van der Waals surface area (Å²) in [5.41, 5.74) is 2.17. The third-order valence-corrected chi connectivity index (χ3v) is 8.92. The van der Waals surface area contributed by atoms with Gasteiger partial charge in [-0.25, -0.2) is 0 Å². The van der Waals surface area contributed by atoms with Gasteiger partial charge >= 0.3 is 0 Å². The van der Waals surface area contributed by atoms with Crippen molar-refractivity contribution in [2.45, 2.75) is 52.4 Å². The Kier molecular flexibility index (Phi) is 2.94.